The number of aromatic carboxylic acids is 1. The maximum Gasteiger partial charge on any atom is 0.356 e. The molecule has 0 aliphatic heterocycles. The molecule has 1 heterocycles. The first-order valence-corrected chi connectivity index (χ1v) is 5.96. The summed E-state index contributed by atoms with van der Waals surface area (Å²) in [6, 6.07) is 7.20. The molecular formula is C13H13ClN2O2. The highest BCUT2D eigenvalue weighted by atomic mass is 35.5. The van der Waals surface area contributed by atoms with Crippen LogP contribution >= 0.6 is 11.6 Å². The standard InChI is InChI=1S/C13H13ClN2O2/c1-7(2)10-11(13(17)18)16-12(15-10)8-5-3-4-6-9(8)14/h3-7H,1-2H3,(H,15,16)(H,17,18). The second kappa shape index (κ2) is 4.82. The van der Waals surface area contributed by atoms with Gasteiger partial charge >= 0.3 is 5.97 Å². The fraction of sp³-hybridized carbons (Fsp3) is 0.231. The van der Waals surface area contributed by atoms with Gasteiger partial charge in [-0.1, -0.05) is 37.6 Å². The molecule has 0 bridgehead atoms. The lowest BCUT2D eigenvalue weighted by molar-refractivity contribution is 0.0689. The number of nitrogens with zero attached hydrogens (tertiary/aromatic N) is 1. The maximum absolute atomic E-state index is 11.1. The van der Waals surface area contributed by atoms with Gasteiger partial charge in [-0.25, -0.2) is 9.78 Å². The molecule has 2 N–H and O–H groups in total. The number of imidazole rings is 1. The van der Waals surface area contributed by atoms with Crippen LogP contribution in [0.4, 0.5) is 0 Å². The van der Waals surface area contributed by atoms with E-state index in [9.17, 15) is 4.79 Å². The number of H-pyrrole nitrogens is 1. The minimum absolute atomic E-state index is 0.0554. The van der Waals surface area contributed by atoms with Crippen LogP contribution in [0.1, 0.15) is 35.9 Å². The molecule has 0 atom stereocenters. The van der Waals surface area contributed by atoms with Gasteiger partial charge in [0.1, 0.15) is 5.82 Å². The Balaban J connectivity index is 2.57. The molecule has 2 aromatic rings. The summed E-state index contributed by atoms with van der Waals surface area (Å²) < 4.78 is 0. The van der Waals surface area contributed by atoms with Crippen molar-refractivity contribution in [2.24, 2.45) is 0 Å². The van der Waals surface area contributed by atoms with Crippen LogP contribution in [0.3, 0.4) is 0 Å². The first kappa shape index (κ1) is 12.6. The fourth-order valence-corrected chi connectivity index (χ4v) is 1.97. The molecule has 0 spiro atoms. The van der Waals surface area contributed by atoms with Crippen LogP contribution in [0.2, 0.25) is 5.02 Å². The van der Waals surface area contributed by atoms with Crippen molar-refractivity contribution in [3.05, 3.63) is 40.7 Å². The van der Waals surface area contributed by atoms with Crippen LogP contribution in [0.5, 0.6) is 0 Å². The van der Waals surface area contributed by atoms with E-state index in [1.54, 1.807) is 12.1 Å². The third-order valence-electron chi connectivity index (χ3n) is 2.64. The number of carboxylic acid groups (broad SMARTS) is 1. The highest BCUT2D eigenvalue weighted by Crippen LogP contribution is 2.28. The van der Waals surface area contributed by atoms with Gasteiger partial charge in [-0.05, 0) is 18.1 Å². The number of halogens is 1. The third kappa shape index (κ3) is 2.24. The van der Waals surface area contributed by atoms with Crippen LogP contribution < -0.4 is 0 Å². The normalized spacial score (nSPS) is 10.9. The molecule has 18 heavy (non-hydrogen) atoms. The second-order valence-electron chi connectivity index (χ2n) is 4.29. The van der Waals surface area contributed by atoms with Crippen molar-refractivity contribution in [3.8, 4) is 11.4 Å². The van der Waals surface area contributed by atoms with Gasteiger partial charge in [0, 0.05) is 5.56 Å². The van der Waals surface area contributed by atoms with Gasteiger partial charge in [0.2, 0.25) is 0 Å². The average molecular weight is 265 g/mol. The number of carbonyl (C=O) groups is 1. The molecular weight excluding hydrogens is 252 g/mol. The first-order valence-electron chi connectivity index (χ1n) is 5.58. The Kier molecular flexibility index (Phi) is 3.39. The largest absolute Gasteiger partial charge is 0.476 e. The summed E-state index contributed by atoms with van der Waals surface area (Å²) in [4.78, 5) is 18.3. The molecule has 0 radical (unpaired) electrons. The number of hydrogen-bond donors (Lipinski definition) is 2. The van der Waals surface area contributed by atoms with Gasteiger partial charge < -0.3 is 10.1 Å². The van der Waals surface area contributed by atoms with E-state index in [0.29, 0.717) is 22.1 Å². The van der Waals surface area contributed by atoms with Gasteiger partial charge in [-0.2, -0.15) is 0 Å². The predicted molar refractivity (Wildman–Crippen MR) is 70.1 cm³/mol. The van der Waals surface area contributed by atoms with Crippen molar-refractivity contribution in [1.29, 1.82) is 0 Å². The fourth-order valence-electron chi connectivity index (χ4n) is 1.75. The smallest absolute Gasteiger partial charge is 0.356 e. The van der Waals surface area contributed by atoms with Gasteiger partial charge in [0.05, 0.1) is 10.7 Å². The summed E-state index contributed by atoms with van der Waals surface area (Å²) in [6.07, 6.45) is 0. The lowest BCUT2D eigenvalue weighted by Gasteiger charge is -2.02. The Morgan fingerprint density at radius 2 is 2.06 bits per heavy atom. The van der Waals surface area contributed by atoms with Crippen LogP contribution in [0.25, 0.3) is 11.4 Å². The topological polar surface area (TPSA) is 66.0 Å². The Bertz CT molecular complexity index is 590. The molecule has 94 valence electrons. The number of nitrogens with one attached hydrogen (secondary N) is 1. The Hall–Kier alpha value is -1.81. The van der Waals surface area contributed by atoms with Gasteiger partial charge in [-0.15, -0.1) is 0 Å². The highest BCUT2D eigenvalue weighted by Gasteiger charge is 2.20. The monoisotopic (exact) mass is 264 g/mol. The lowest BCUT2D eigenvalue weighted by atomic mass is 10.1. The SMILES string of the molecule is CC(C)c1[nH]c(-c2ccccc2Cl)nc1C(=O)O. The van der Waals surface area contributed by atoms with Gasteiger partial charge in [0.15, 0.2) is 5.69 Å². The van der Waals surface area contributed by atoms with Crippen molar-refractivity contribution < 1.29 is 9.90 Å². The summed E-state index contributed by atoms with van der Waals surface area (Å²) in [5.74, 6) is -0.491. The molecule has 2 rings (SSSR count). The second-order valence-corrected chi connectivity index (χ2v) is 4.69. The number of carboxylic acids is 1. The quantitative estimate of drug-likeness (QED) is 0.891. The Labute approximate surface area is 110 Å². The van der Waals surface area contributed by atoms with E-state index in [1.165, 1.54) is 0 Å². The maximum atomic E-state index is 11.1. The first-order chi connectivity index (χ1) is 8.50. The molecule has 5 heteroatoms. The number of aromatic nitrogens is 2. The molecule has 0 aliphatic carbocycles. The van der Waals surface area contributed by atoms with Crippen molar-refractivity contribution in [3.63, 3.8) is 0 Å². The average Bonchev–Trinajstić information content (AvgIpc) is 2.74. The van der Waals surface area contributed by atoms with Crippen LogP contribution in [0.15, 0.2) is 24.3 Å². The van der Waals surface area contributed by atoms with E-state index < -0.39 is 5.97 Å². The molecule has 1 aromatic carbocycles. The molecule has 1 aromatic heterocycles. The zero-order valence-corrected chi connectivity index (χ0v) is 10.8. The van der Waals surface area contributed by atoms with Gasteiger partial charge in [0.25, 0.3) is 0 Å². The van der Waals surface area contributed by atoms with Crippen LogP contribution in [0, 0.1) is 0 Å². The highest BCUT2D eigenvalue weighted by molar-refractivity contribution is 6.33. The zero-order valence-electron chi connectivity index (χ0n) is 10.1. The summed E-state index contributed by atoms with van der Waals surface area (Å²) in [5, 5.41) is 9.67. The number of benzene rings is 1. The number of rotatable bonds is 3. The summed E-state index contributed by atoms with van der Waals surface area (Å²) >= 11 is 6.07. The summed E-state index contributed by atoms with van der Waals surface area (Å²) in [7, 11) is 0. The minimum atomic E-state index is -1.03. The van der Waals surface area contributed by atoms with Crippen LogP contribution in [-0.2, 0) is 0 Å². The van der Waals surface area contributed by atoms with E-state index in [0.717, 1.165) is 0 Å². The molecule has 0 amide bonds. The molecule has 0 unspecified atom stereocenters. The molecule has 0 saturated heterocycles. The molecule has 0 fully saturated rings. The van der Waals surface area contributed by atoms with Gasteiger partial charge in [-0.3, -0.25) is 0 Å². The summed E-state index contributed by atoms with van der Waals surface area (Å²) in [6.45, 7) is 3.83. The third-order valence-corrected chi connectivity index (χ3v) is 2.97. The number of hydrogen-bond acceptors (Lipinski definition) is 2. The molecule has 0 aliphatic rings. The lowest BCUT2D eigenvalue weighted by Crippen LogP contribution is -2.02. The Morgan fingerprint density at radius 3 is 2.56 bits per heavy atom. The van der Waals surface area contributed by atoms with E-state index >= 15 is 0 Å². The predicted octanol–water partition coefficient (Wildman–Crippen LogP) is 3.55. The molecule has 4 nitrogen and oxygen atoms in total. The zero-order chi connectivity index (χ0) is 13.3. The van der Waals surface area contributed by atoms with E-state index in [2.05, 4.69) is 9.97 Å². The van der Waals surface area contributed by atoms with Crippen molar-refractivity contribution in [2.45, 2.75) is 19.8 Å². The van der Waals surface area contributed by atoms with E-state index in [4.69, 9.17) is 16.7 Å². The number of aromatic amines is 1. The van der Waals surface area contributed by atoms with Crippen LogP contribution in [-0.4, -0.2) is 21.0 Å². The van der Waals surface area contributed by atoms with Crippen molar-refractivity contribution >= 4 is 17.6 Å². The van der Waals surface area contributed by atoms with Crippen molar-refractivity contribution in [1.82, 2.24) is 9.97 Å². The molecule has 0 saturated carbocycles. The Morgan fingerprint density at radius 1 is 1.39 bits per heavy atom. The minimum Gasteiger partial charge on any atom is -0.476 e. The van der Waals surface area contributed by atoms with Crippen molar-refractivity contribution in [2.75, 3.05) is 0 Å². The summed E-state index contributed by atoms with van der Waals surface area (Å²) in [5.41, 5.74) is 1.37. The van der Waals surface area contributed by atoms with E-state index in [-0.39, 0.29) is 11.6 Å². The van der Waals surface area contributed by atoms with E-state index in [1.807, 2.05) is 26.0 Å².